The van der Waals surface area contributed by atoms with Crippen LogP contribution in [0.3, 0.4) is 0 Å². The normalized spacial score (nSPS) is 11.1. The van der Waals surface area contributed by atoms with Gasteiger partial charge in [0.25, 0.3) is 0 Å². The third-order valence-electron chi connectivity index (χ3n) is 3.56. The fourth-order valence-corrected chi connectivity index (χ4v) is 4.19. The molecule has 0 aliphatic rings. The van der Waals surface area contributed by atoms with E-state index in [0.29, 0.717) is 11.3 Å². The van der Waals surface area contributed by atoms with Gasteiger partial charge in [-0.05, 0) is 24.1 Å². The highest BCUT2D eigenvalue weighted by Crippen LogP contribution is 2.29. The van der Waals surface area contributed by atoms with E-state index in [4.69, 9.17) is 0 Å². The van der Waals surface area contributed by atoms with Gasteiger partial charge in [0.15, 0.2) is 11.0 Å². The van der Waals surface area contributed by atoms with Crippen LogP contribution in [0.1, 0.15) is 23.8 Å². The zero-order valence-electron chi connectivity index (χ0n) is 13.1. The molecule has 120 valence electrons. The Balaban J connectivity index is 1.75. The van der Waals surface area contributed by atoms with Crippen LogP contribution in [0.15, 0.2) is 40.9 Å². The maximum absolute atomic E-state index is 13.7. The van der Waals surface area contributed by atoms with Crippen molar-refractivity contribution in [2.45, 2.75) is 30.7 Å². The highest BCUT2D eigenvalue weighted by Gasteiger charge is 2.13. The van der Waals surface area contributed by atoms with Crippen molar-refractivity contribution >= 4 is 23.1 Å². The van der Waals surface area contributed by atoms with Crippen molar-refractivity contribution in [1.82, 2.24) is 14.8 Å². The van der Waals surface area contributed by atoms with Crippen molar-refractivity contribution in [3.63, 3.8) is 0 Å². The van der Waals surface area contributed by atoms with Crippen LogP contribution in [-0.2, 0) is 19.2 Å². The first-order valence-corrected chi connectivity index (χ1v) is 9.39. The van der Waals surface area contributed by atoms with Gasteiger partial charge in [-0.15, -0.1) is 21.5 Å². The molecule has 0 amide bonds. The molecule has 0 unspecified atom stereocenters. The van der Waals surface area contributed by atoms with Gasteiger partial charge in [-0.3, -0.25) is 0 Å². The number of aryl methyl sites for hydroxylation is 1. The first kappa shape index (κ1) is 16.2. The van der Waals surface area contributed by atoms with Crippen molar-refractivity contribution in [2.24, 2.45) is 7.05 Å². The minimum absolute atomic E-state index is 0.176. The average molecular weight is 347 g/mol. The molecular weight excluding hydrogens is 329 g/mol. The van der Waals surface area contributed by atoms with Gasteiger partial charge in [0.05, 0.1) is 0 Å². The standard InChI is InChI=1S/C17H18FN3S2/c1-3-6-14-9-13(11-22-14)16-19-20-17(21(16)2)23-10-12-7-4-5-8-15(12)18/h4-5,7-9,11H,3,6,10H2,1-2H3. The van der Waals surface area contributed by atoms with E-state index in [1.165, 1.54) is 22.7 Å². The fraction of sp³-hybridized carbons (Fsp3) is 0.294. The number of thiophene rings is 1. The lowest BCUT2D eigenvalue weighted by molar-refractivity contribution is 0.617. The second-order valence-electron chi connectivity index (χ2n) is 5.30. The molecule has 0 bridgehead atoms. The number of hydrogen-bond acceptors (Lipinski definition) is 4. The number of benzene rings is 1. The molecule has 0 aliphatic carbocycles. The maximum Gasteiger partial charge on any atom is 0.191 e. The Bertz CT molecular complexity index is 795. The Morgan fingerprint density at radius 3 is 2.87 bits per heavy atom. The van der Waals surface area contributed by atoms with Crippen LogP contribution in [0.2, 0.25) is 0 Å². The fourth-order valence-electron chi connectivity index (χ4n) is 2.33. The molecule has 3 nitrogen and oxygen atoms in total. The van der Waals surface area contributed by atoms with Gasteiger partial charge in [0.1, 0.15) is 5.82 Å². The number of hydrogen-bond donors (Lipinski definition) is 0. The molecule has 3 rings (SSSR count). The molecule has 0 saturated carbocycles. The largest absolute Gasteiger partial charge is 0.305 e. The van der Waals surface area contributed by atoms with Crippen LogP contribution in [0, 0.1) is 5.82 Å². The van der Waals surface area contributed by atoms with Crippen molar-refractivity contribution in [3.05, 3.63) is 52.0 Å². The predicted octanol–water partition coefficient (Wildman–Crippen LogP) is 4.93. The van der Waals surface area contributed by atoms with E-state index in [1.807, 2.05) is 17.7 Å². The Morgan fingerprint density at radius 2 is 2.09 bits per heavy atom. The van der Waals surface area contributed by atoms with Gasteiger partial charge in [0, 0.05) is 28.6 Å². The van der Waals surface area contributed by atoms with E-state index in [9.17, 15) is 4.39 Å². The molecule has 2 aromatic heterocycles. The number of aromatic nitrogens is 3. The molecule has 3 aromatic rings. The molecule has 0 saturated heterocycles. The number of thioether (sulfide) groups is 1. The molecule has 0 spiro atoms. The lowest BCUT2D eigenvalue weighted by Gasteiger charge is -2.04. The van der Waals surface area contributed by atoms with Crippen LogP contribution >= 0.6 is 23.1 Å². The monoisotopic (exact) mass is 347 g/mol. The summed E-state index contributed by atoms with van der Waals surface area (Å²) < 4.78 is 15.7. The zero-order valence-corrected chi connectivity index (χ0v) is 14.8. The first-order valence-electron chi connectivity index (χ1n) is 7.52. The van der Waals surface area contributed by atoms with E-state index in [-0.39, 0.29) is 5.82 Å². The summed E-state index contributed by atoms with van der Waals surface area (Å²) in [5, 5.41) is 11.5. The minimum Gasteiger partial charge on any atom is -0.305 e. The lowest BCUT2D eigenvalue weighted by Crippen LogP contribution is -1.95. The van der Waals surface area contributed by atoms with E-state index in [0.717, 1.165) is 29.4 Å². The number of rotatable bonds is 6. The molecule has 1 aromatic carbocycles. The van der Waals surface area contributed by atoms with E-state index in [1.54, 1.807) is 23.5 Å². The van der Waals surface area contributed by atoms with Crippen LogP contribution in [0.5, 0.6) is 0 Å². The van der Waals surface area contributed by atoms with E-state index in [2.05, 4.69) is 28.6 Å². The van der Waals surface area contributed by atoms with Crippen LogP contribution < -0.4 is 0 Å². The average Bonchev–Trinajstić information content (AvgIpc) is 3.14. The Morgan fingerprint density at radius 1 is 1.26 bits per heavy atom. The smallest absolute Gasteiger partial charge is 0.191 e. The van der Waals surface area contributed by atoms with Gasteiger partial charge in [0.2, 0.25) is 0 Å². The summed E-state index contributed by atoms with van der Waals surface area (Å²) in [5.74, 6) is 1.23. The van der Waals surface area contributed by atoms with Crippen molar-refractivity contribution in [2.75, 3.05) is 0 Å². The molecule has 0 aliphatic heterocycles. The second kappa shape index (κ2) is 7.27. The van der Waals surface area contributed by atoms with Crippen LogP contribution in [0.4, 0.5) is 4.39 Å². The third-order valence-corrected chi connectivity index (χ3v) is 5.62. The van der Waals surface area contributed by atoms with Gasteiger partial charge in [-0.2, -0.15) is 0 Å². The highest BCUT2D eigenvalue weighted by molar-refractivity contribution is 7.98. The summed E-state index contributed by atoms with van der Waals surface area (Å²) in [7, 11) is 1.95. The molecule has 6 heteroatoms. The maximum atomic E-state index is 13.7. The summed E-state index contributed by atoms with van der Waals surface area (Å²) in [5.41, 5.74) is 1.79. The van der Waals surface area contributed by atoms with Gasteiger partial charge < -0.3 is 4.57 Å². The van der Waals surface area contributed by atoms with Gasteiger partial charge in [-0.1, -0.05) is 43.3 Å². The Hall–Kier alpha value is -1.66. The summed E-state index contributed by atoms with van der Waals surface area (Å²) >= 11 is 3.26. The Labute approximate surface area is 143 Å². The Kier molecular flexibility index (Phi) is 5.13. The first-order chi connectivity index (χ1) is 11.2. The zero-order chi connectivity index (χ0) is 16.2. The minimum atomic E-state index is -0.176. The second-order valence-corrected chi connectivity index (χ2v) is 7.24. The van der Waals surface area contributed by atoms with Crippen LogP contribution in [-0.4, -0.2) is 14.8 Å². The summed E-state index contributed by atoms with van der Waals surface area (Å²) in [6.45, 7) is 2.18. The van der Waals surface area contributed by atoms with Gasteiger partial charge in [-0.25, -0.2) is 4.39 Å². The van der Waals surface area contributed by atoms with Gasteiger partial charge >= 0.3 is 0 Å². The summed E-state index contributed by atoms with van der Waals surface area (Å²) in [4.78, 5) is 1.37. The molecule has 23 heavy (non-hydrogen) atoms. The highest BCUT2D eigenvalue weighted by atomic mass is 32.2. The van der Waals surface area contributed by atoms with Crippen molar-refractivity contribution in [1.29, 1.82) is 0 Å². The summed E-state index contributed by atoms with van der Waals surface area (Å²) in [6.07, 6.45) is 2.24. The summed E-state index contributed by atoms with van der Waals surface area (Å²) in [6, 6.07) is 9.02. The molecule has 0 radical (unpaired) electrons. The predicted molar refractivity (Wildman–Crippen MR) is 94.3 cm³/mol. The molecular formula is C17H18FN3S2. The third kappa shape index (κ3) is 3.64. The number of nitrogens with zero attached hydrogens (tertiary/aromatic N) is 3. The molecule has 0 N–H and O–H groups in total. The number of halogens is 1. The molecule has 0 atom stereocenters. The molecule has 0 fully saturated rings. The van der Waals surface area contributed by atoms with Crippen molar-refractivity contribution in [3.8, 4) is 11.4 Å². The van der Waals surface area contributed by atoms with E-state index < -0.39 is 0 Å². The lowest BCUT2D eigenvalue weighted by atomic mass is 10.2. The van der Waals surface area contributed by atoms with Crippen LogP contribution in [0.25, 0.3) is 11.4 Å². The topological polar surface area (TPSA) is 30.7 Å². The quantitative estimate of drug-likeness (QED) is 0.593. The SMILES string of the molecule is CCCc1cc(-c2nnc(SCc3ccccc3F)n2C)cs1. The van der Waals surface area contributed by atoms with E-state index >= 15 is 0 Å². The van der Waals surface area contributed by atoms with Crippen molar-refractivity contribution < 1.29 is 4.39 Å². The molecule has 2 heterocycles.